The van der Waals surface area contributed by atoms with E-state index in [1.54, 1.807) is 4.68 Å². The van der Waals surface area contributed by atoms with Crippen LogP contribution in [0.3, 0.4) is 0 Å². The maximum atomic E-state index is 12.9. The second kappa shape index (κ2) is 6.94. The van der Waals surface area contributed by atoms with E-state index in [1.807, 2.05) is 78.9 Å². The van der Waals surface area contributed by atoms with Crippen LogP contribution in [0.4, 0.5) is 0 Å². The molecule has 0 amide bonds. The molecule has 0 unspecified atom stereocenters. The first-order valence-corrected chi connectivity index (χ1v) is 8.59. The number of nitrogens with zero attached hydrogens (tertiary/aromatic N) is 2. The van der Waals surface area contributed by atoms with Gasteiger partial charge in [-0.05, 0) is 17.2 Å². The minimum atomic E-state index is -0.0771. The quantitative estimate of drug-likeness (QED) is 0.617. The Morgan fingerprint density at radius 2 is 1.42 bits per heavy atom. The van der Waals surface area contributed by atoms with E-state index < -0.39 is 0 Å². The first kappa shape index (κ1) is 16.2. The molecule has 4 nitrogen and oxygen atoms in total. The summed E-state index contributed by atoms with van der Waals surface area (Å²) in [4.78, 5) is 12.9. The van der Waals surface area contributed by atoms with Crippen molar-refractivity contribution in [2.45, 2.75) is 13.1 Å². The fourth-order valence-corrected chi connectivity index (χ4v) is 3.11. The van der Waals surface area contributed by atoms with Gasteiger partial charge in [0, 0.05) is 17.5 Å². The van der Waals surface area contributed by atoms with Crippen molar-refractivity contribution in [2.75, 3.05) is 0 Å². The number of hydrogen-bond acceptors (Lipinski definition) is 3. The third-order valence-electron chi connectivity index (χ3n) is 4.51. The summed E-state index contributed by atoms with van der Waals surface area (Å²) in [5.41, 5.74) is 9.51. The van der Waals surface area contributed by atoms with Crippen LogP contribution in [0, 0.1) is 0 Å². The van der Waals surface area contributed by atoms with E-state index in [0.29, 0.717) is 18.5 Å². The smallest absolute Gasteiger partial charge is 0.274 e. The predicted octanol–water partition coefficient (Wildman–Crippen LogP) is 3.57. The van der Waals surface area contributed by atoms with Gasteiger partial charge in [0.15, 0.2) is 0 Å². The molecular formula is C22H19N3O. The van der Waals surface area contributed by atoms with Crippen LogP contribution in [0.1, 0.15) is 11.1 Å². The van der Waals surface area contributed by atoms with E-state index >= 15 is 0 Å². The van der Waals surface area contributed by atoms with E-state index in [4.69, 9.17) is 10.8 Å². The zero-order valence-corrected chi connectivity index (χ0v) is 14.3. The van der Waals surface area contributed by atoms with Crippen LogP contribution in [-0.2, 0) is 13.1 Å². The Morgan fingerprint density at radius 3 is 2.12 bits per heavy atom. The number of fused-ring (bicyclic) bond motifs is 1. The van der Waals surface area contributed by atoms with Crippen LogP contribution < -0.4 is 11.3 Å². The molecule has 0 fully saturated rings. The molecule has 4 rings (SSSR count). The van der Waals surface area contributed by atoms with Crippen LogP contribution in [-0.4, -0.2) is 9.78 Å². The zero-order valence-electron chi connectivity index (χ0n) is 14.3. The van der Waals surface area contributed by atoms with Crippen LogP contribution >= 0.6 is 0 Å². The van der Waals surface area contributed by atoms with Crippen molar-refractivity contribution in [1.82, 2.24) is 9.78 Å². The molecule has 1 aromatic heterocycles. The van der Waals surface area contributed by atoms with Gasteiger partial charge < -0.3 is 5.73 Å². The summed E-state index contributed by atoms with van der Waals surface area (Å²) < 4.78 is 1.55. The van der Waals surface area contributed by atoms with E-state index in [2.05, 4.69) is 0 Å². The second-order valence-electron chi connectivity index (χ2n) is 6.24. The average molecular weight is 341 g/mol. The molecule has 0 radical (unpaired) electrons. The molecule has 1 heterocycles. The molecule has 0 saturated heterocycles. The lowest BCUT2D eigenvalue weighted by molar-refractivity contribution is 0.651. The van der Waals surface area contributed by atoms with E-state index in [1.165, 1.54) is 0 Å². The molecule has 26 heavy (non-hydrogen) atoms. The lowest BCUT2D eigenvalue weighted by Gasteiger charge is -2.12. The summed E-state index contributed by atoms with van der Waals surface area (Å²) in [6.45, 7) is 0.945. The van der Waals surface area contributed by atoms with Crippen molar-refractivity contribution in [3.05, 3.63) is 100 Å². The molecule has 0 bridgehead atoms. The molecular weight excluding hydrogens is 322 g/mol. The molecule has 4 aromatic rings. The summed E-state index contributed by atoms with van der Waals surface area (Å²) in [6.07, 6.45) is 0. The van der Waals surface area contributed by atoms with Gasteiger partial charge in [-0.25, -0.2) is 4.68 Å². The predicted molar refractivity (Wildman–Crippen MR) is 105 cm³/mol. The van der Waals surface area contributed by atoms with Gasteiger partial charge in [0.1, 0.15) is 0 Å². The highest BCUT2D eigenvalue weighted by Gasteiger charge is 2.12. The first-order chi connectivity index (χ1) is 12.8. The van der Waals surface area contributed by atoms with Gasteiger partial charge in [-0.2, -0.15) is 5.10 Å². The van der Waals surface area contributed by atoms with Gasteiger partial charge in [-0.1, -0.05) is 72.8 Å². The van der Waals surface area contributed by atoms with Crippen LogP contribution in [0.15, 0.2) is 83.7 Å². The largest absolute Gasteiger partial charge is 0.326 e. The van der Waals surface area contributed by atoms with Gasteiger partial charge in [0.2, 0.25) is 0 Å². The average Bonchev–Trinajstić information content (AvgIpc) is 2.71. The lowest BCUT2D eigenvalue weighted by atomic mass is 10.0. The molecule has 128 valence electrons. The van der Waals surface area contributed by atoms with E-state index in [-0.39, 0.29) is 5.56 Å². The van der Waals surface area contributed by atoms with Crippen LogP contribution in [0.5, 0.6) is 0 Å². The Bertz CT molecular complexity index is 1100. The van der Waals surface area contributed by atoms with E-state index in [9.17, 15) is 4.79 Å². The molecule has 0 spiro atoms. The van der Waals surface area contributed by atoms with Crippen molar-refractivity contribution in [1.29, 1.82) is 0 Å². The summed E-state index contributed by atoms with van der Waals surface area (Å²) in [7, 11) is 0. The third kappa shape index (κ3) is 3.03. The van der Waals surface area contributed by atoms with Gasteiger partial charge in [-0.3, -0.25) is 4.79 Å². The Kier molecular flexibility index (Phi) is 4.33. The molecule has 4 heteroatoms. The minimum absolute atomic E-state index is 0.0771. The SMILES string of the molecule is NCc1ccc(-c2nn(Cc3ccccc3)c(=O)c3ccccc23)cc1. The Labute approximate surface area is 151 Å². The maximum Gasteiger partial charge on any atom is 0.274 e. The molecule has 0 aliphatic heterocycles. The molecule has 0 aliphatic rings. The first-order valence-electron chi connectivity index (χ1n) is 8.59. The molecule has 0 saturated carbocycles. The van der Waals surface area contributed by atoms with Crippen molar-refractivity contribution < 1.29 is 0 Å². The Morgan fingerprint density at radius 1 is 0.769 bits per heavy atom. The zero-order chi connectivity index (χ0) is 17.9. The standard InChI is InChI=1S/C22H19N3O/c23-14-16-10-12-18(13-11-16)21-19-8-4-5-9-20(19)22(26)25(24-21)15-17-6-2-1-3-7-17/h1-13H,14-15,23H2. The summed E-state index contributed by atoms with van der Waals surface area (Å²) >= 11 is 0. The normalized spacial score (nSPS) is 11.0. The van der Waals surface area contributed by atoms with Gasteiger partial charge in [0.25, 0.3) is 5.56 Å². The monoisotopic (exact) mass is 341 g/mol. The minimum Gasteiger partial charge on any atom is -0.326 e. The number of hydrogen-bond donors (Lipinski definition) is 1. The summed E-state index contributed by atoms with van der Waals surface area (Å²) in [5.74, 6) is 0. The fraction of sp³-hybridized carbons (Fsp3) is 0.0909. The van der Waals surface area contributed by atoms with Gasteiger partial charge in [0.05, 0.1) is 17.6 Å². The maximum absolute atomic E-state index is 12.9. The second-order valence-corrected chi connectivity index (χ2v) is 6.24. The van der Waals surface area contributed by atoms with Gasteiger partial charge in [-0.15, -0.1) is 0 Å². The van der Waals surface area contributed by atoms with Crippen LogP contribution in [0.25, 0.3) is 22.0 Å². The molecule has 0 atom stereocenters. The van der Waals surface area contributed by atoms with Gasteiger partial charge >= 0.3 is 0 Å². The number of rotatable bonds is 4. The van der Waals surface area contributed by atoms with Crippen molar-refractivity contribution >= 4 is 10.8 Å². The van der Waals surface area contributed by atoms with Crippen molar-refractivity contribution in [2.24, 2.45) is 5.73 Å². The number of aromatic nitrogens is 2. The highest BCUT2D eigenvalue weighted by Crippen LogP contribution is 2.25. The molecule has 3 aromatic carbocycles. The number of benzene rings is 3. The summed E-state index contributed by atoms with van der Waals surface area (Å²) in [5, 5.41) is 6.23. The summed E-state index contributed by atoms with van der Waals surface area (Å²) in [6, 6.07) is 25.5. The highest BCUT2D eigenvalue weighted by atomic mass is 16.1. The highest BCUT2D eigenvalue weighted by molar-refractivity contribution is 5.93. The molecule has 2 N–H and O–H groups in total. The lowest BCUT2D eigenvalue weighted by Crippen LogP contribution is -2.24. The Hall–Kier alpha value is -3.24. The topological polar surface area (TPSA) is 60.9 Å². The van der Waals surface area contributed by atoms with Crippen molar-refractivity contribution in [3.63, 3.8) is 0 Å². The Balaban J connectivity index is 1.90. The van der Waals surface area contributed by atoms with E-state index in [0.717, 1.165) is 27.8 Å². The molecule has 0 aliphatic carbocycles. The number of nitrogens with two attached hydrogens (primary N) is 1. The van der Waals surface area contributed by atoms with Crippen molar-refractivity contribution in [3.8, 4) is 11.3 Å². The third-order valence-corrected chi connectivity index (χ3v) is 4.51. The fourth-order valence-electron chi connectivity index (χ4n) is 3.11. The van der Waals surface area contributed by atoms with Crippen LogP contribution in [0.2, 0.25) is 0 Å².